The van der Waals surface area contributed by atoms with E-state index in [2.05, 4.69) is 0 Å². The van der Waals surface area contributed by atoms with Crippen LogP contribution in [0.1, 0.15) is 38.5 Å². The normalized spacial score (nSPS) is 14.3. The Morgan fingerprint density at radius 3 is 0.947 bits per heavy atom. The third-order valence-electron chi connectivity index (χ3n) is 4.92. The van der Waals surface area contributed by atoms with Gasteiger partial charge in [-0.05, 0) is 12.8 Å². The summed E-state index contributed by atoms with van der Waals surface area (Å²) >= 11 is 0. The smallest absolute Gasteiger partial charge is 0.351 e. The Labute approximate surface area is 203 Å². The molecule has 0 aliphatic carbocycles. The molecule has 0 aliphatic heterocycles. The van der Waals surface area contributed by atoms with Gasteiger partial charge in [-0.2, -0.15) is 52.7 Å². The highest BCUT2D eigenvalue weighted by molar-refractivity contribution is 5.85. The lowest BCUT2D eigenvalue weighted by molar-refractivity contribution is -0.327. The molecule has 0 unspecified atom stereocenters. The predicted molar refractivity (Wildman–Crippen MR) is 95.4 cm³/mol. The first-order valence-electron chi connectivity index (χ1n) is 10.3. The number of nitrogens with one attached hydrogen (secondary N) is 2. The fourth-order valence-corrected chi connectivity index (χ4v) is 2.56. The van der Waals surface area contributed by atoms with Crippen molar-refractivity contribution in [2.24, 2.45) is 0 Å². The average Bonchev–Trinajstić information content (AvgIpc) is 2.78. The van der Waals surface area contributed by atoms with Crippen molar-refractivity contribution >= 4 is 11.8 Å². The van der Waals surface area contributed by atoms with E-state index in [4.69, 9.17) is 0 Å². The van der Waals surface area contributed by atoms with E-state index in [1.807, 2.05) is 0 Å². The third kappa shape index (κ3) is 7.26. The van der Waals surface area contributed by atoms with Crippen molar-refractivity contribution < 1.29 is 79.8 Å². The van der Waals surface area contributed by atoms with E-state index in [0.717, 1.165) is 0 Å². The second-order valence-corrected chi connectivity index (χ2v) is 7.78. The van der Waals surface area contributed by atoms with Gasteiger partial charge in [-0.15, -0.1) is 0 Å². The quantitative estimate of drug-likeness (QED) is 0.161. The van der Waals surface area contributed by atoms with Gasteiger partial charge in [-0.1, -0.05) is 25.7 Å². The summed E-state index contributed by atoms with van der Waals surface area (Å²) in [6, 6.07) is 0. The van der Waals surface area contributed by atoms with Gasteiger partial charge in [0.05, 0.1) is 0 Å². The van der Waals surface area contributed by atoms with Gasteiger partial charge in [0, 0.05) is 13.1 Å². The summed E-state index contributed by atoms with van der Waals surface area (Å²) in [6.07, 6.45) is -10.4. The molecule has 2 N–H and O–H groups in total. The Morgan fingerprint density at radius 2 is 0.711 bits per heavy atom. The van der Waals surface area contributed by atoms with Gasteiger partial charge < -0.3 is 10.6 Å². The molecule has 0 aromatic rings. The van der Waals surface area contributed by atoms with Gasteiger partial charge in [0.25, 0.3) is 11.8 Å². The lowest BCUT2D eigenvalue weighted by Crippen LogP contribution is -2.63. The van der Waals surface area contributed by atoms with E-state index >= 15 is 0 Å². The summed E-state index contributed by atoms with van der Waals surface area (Å²) in [6.45, 7) is -1.54. The molecule has 20 heteroatoms. The Morgan fingerprint density at radius 1 is 0.474 bits per heavy atom. The standard InChI is InChI=1S/C18H20F16N2O2/c19-9(20)13(23,24)17(31,32)15(27,28)11(37)35-7-5-3-1-2-4-6-8-36-12(38)16(29,30)18(33,34)14(25,26)10(21)22/h9-10H,1-8H2,(H,35,37)(H,36,38). The van der Waals surface area contributed by atoms with Crippen molar-refractivity contribution in [3.8, 4) is 0 Å². The summed E-state index contributed by atoms with van der Waals surface area (Å²) in [5.74, 6) is -44.7. The van der Waals surface area contributed by atoms with Gasteiger partial charge in [0.15, 0.2) is 0 Å². The van der Waals surface area contributed by atoms with Crippen molar-refractivity contribution in [2.75, 3.05) is 13.1 Å². The highest BCUT2D eigenvalue weighted by Crippen LogP contribution is 2.49. The highest BCUT2D eigenvalue weighted by Gasteiger charge is 2.79. The number of rotatable bonds is 17. The molecule has 0 bridgehead atoms. The summed E-state index contributed by atoms with van der Waals surface area (Å²) < 4.78 is 205. The molecule has 0 heterocycles. The van der Waals surface area contributed by atoms with Crippen LogP contribution in [0.3, 0.4) is 0 Å². The lowest BCUT2D eigenvalue weighted by Gasteiger charge is -2.31. The van der Waals surface area contributed by atoms with Crippen molar-refractivity contribution in [3.05, 3.63) is 0 Å². The SMILES string of the molecule is O=C(NCCCCCCCCNC(=O)C(F)(F)C(F)(F)C(F)(F)C(F)F)C(F)(F)C(F)(F)C(F)(F)C(F)F. The molecule has 226 valence electrons. The molecule has 2 amide bonds. The van der Waals surface area contributed by atoms with Crippen LogP contribution in [0.5, 0.6) is 0 Å². The number of carbonyl (C=O) groups is 2. The molecule has 0 aromatic heterocycles. The minimum Gasteiger partial charge on any atom is -0.351 e. The van der Waals surface area contributed by atoms with Gasteiger partial charge in [-0.25, -0.2) is 17.6 Å². The Bertz CT molecular complexity index is 724. The molecular weight excluding hydrogens is 580 g/mol. The lowest BCUT2D eigenvalue weighted by atomic mass is 10.0. The Kier molecular flexibility index (Phi) is 12.0. The van der Waals surface area contributed by atoms with Gasteiger partial charge in [-0.3, -0.25) is 9.59 Å². The second kappa shape index (κ2) is 12.8. The molecule has 0 fully saturated rings. The van der Waals surface area contributed by atoms with E-state index in [1.54, 1.807) is 0 Å². The van der Waals surface area contributed by atoms with Crippen LogP contribution in [0.25, 0.3) is 0 Å². The molecule has 0 atom stereocenters. The molecule has 4 nitrogen and oxygen atoms in total. The van der Waals surface area contributed by atoms with Crippen LogP contribution in [0.4, 0.5) is 70.2 Å². The molecule has 0 rings (SSSR count). The number of halogens is 16. The highest BCUT2D eigenvalue weighted by atomic mass is 19.4. The van der Waals surface area contributed by atoms with Crippen LogP contribution in [-0.4, -0.2) is 73.3 Å². The Hall–Kier alpha value is -2.18. The molecular formula is C18H20F16N2O2. The first kappa shape index (κ1) is 35.8. The number of unbranched alkanes of at least 4 members (excludes halogenated alkanes) is 5. The van der Waals surface area contributed by atoms with Crippen LogP contribution in [0.2, 0.25) is 0 Å². The topological polar surface area (TPSA) is 58.2 Å². The third-order valence-corrected chi connectivity index (χ3v) is 4.92. The molecule has 38 heavy (non-hydrogen) atoms. The van der Waals surface area contributed by atoms with Crippen LogP contribution in [0, 0.1) is 0 Å². The molecule has 0 saturated carbocycles. The predicted octanol–water partition coefficient (Wildman–Crippen LogP) is 5.90. The van der Waals surface area contributed by atoms with Crippen molar-refractivity contribution in [3.63, 3.8) is 0 Å². The molecule has 0 spiro atoms. The van der Waals surface area contributed by atoms with Gasteiger partial charge >= 0.3 is 48.4 Å². The Balaban J connectivity index is 4.39. The second-order valence-electron chi connectivity index (χ2n) is 7.78. The number of hydrogen-bond donors (Lipinski definition) is 2. The van der Waals surface area contributed by atoms with Crippen LogP contribution in [-0.2, 0) is 9.59 Å². The number of hydrogen-bond acceptors (Lipinski definition) is 2. The van der Waals surface area contributed by atoms with Crippen LogP contribution < -0.4 is 10.6 Å². The monoisotopic (exact) mass is 600 g/mol. The van der Waals surface area contributed by atoms with Crippen LogP contribution in [0.15, 0.2) is 0 Å². The average molecular weight is 600 g/mol. The summed E-state index contributed by atoms with van der Waals surface area (Å²) in [5.41, 5.74) is 0. The first-order valence-corrected chi connectivity index (χ1v) is 10.3. The van der Waals surface area contributed by atoms with E-state index in [9.17, 15) is 79.8 Å². The zero-order valence-electron chi connectivity index (χ0n) is 18.7. The maximum Gasteiger partial charge on any atom is 0.392 e. The van der Waals surface area contributed by atoms with E-state index < -0.39 is 73.3 Å². The summed E-state index contributed by atoms with van der Waals surface area (Å²) in [4.78, 5) is 22.3. The molecule has 0 radical (unpaired) electrons. The maximum absolute atomic E-state index is 13.3. The van der Waals surface area contributed by atoms with E-state index in [1.165, 1.54) is 10.6 Å². The van der Waals surface area contributed by atoms with E-state index in [-0.39, 0.29) is 38.5 Å². The minimum absolute atomic E-state index is 0.0504. The zero-order chi connectivity index (χ0) is 30.4. The number of alkyl halides is 16. The zero-order valence-corrected chi connectivity index (χ0v) is 18.7. The molecule has 0 aromatic carbocycles. The number of amides is 2. The summed E-state index contributed by atoms with van der Waals surface area (Å²) in [5, 5.41) is 2.36. The summed E-state index contributed by atoms with van der Waals surface area (Å²) in [7, 11) is 0. The minimum atomic E-state index is -6.71. The van der Waals surface area contributed by atoms with Gasteiger partial charge in [0.1, 0.15) is 0 Å². The van der Waals surface area contributed by atoms with Gasteiger partial charge in [0.2, 0.25) is 0 Å². The van der Waals surface area contributed by atoms with Crippen molar-refractivity contribution in [1.82, 2.24) is 10.6 Å². The van der Waals surface area contributed by atoms with Crippen molar-refractivity contribution in [2.45, 2.75) is 86.9 Å². The van der Waals surface area contributed by atoms with E-state index in [0.29, 0.717) is 0 Å². The van der Waals surface area contributed by atoms with Crippen molar-refractivity contribution in [1.29, 1.82) is 0 Å². The fraction of sp³-hybridized carbons (Fsp3) is 0.889. The molecule has 0 aliphatic rings. The first-order chi connectivity index (χ1) is 16.9. The maximum atomic E-state index is 13.3. The molecule has 0 saturated heterocycles. The number of carbonyl (C=O) groups excluding carboxylic acids is 2. The van der Waals surface area contributed by atoms with Crippen LogP contribution >= 0.6 is 0 Å². The fourth-order valence-electron chi connectivity index (χ4n) is 2.56. The largest absolute Gasteiger partial charge is 0.392 e.